The molecule has 0 aliphatic carbocycles. The zero-order valence-electron chi connectivity index (χ0n) is 22.9. The molecule has 0 radical (unpaired) electrons. The van der Waals surface area contributed by atoms with Crippen molar-refractivity contribution in [2.45, 2.75) is 0 Å². The van der Waals surface area contributed by atoms with Crippen molar-refractivity contribution in [2.75, 3.05) is 0 Å². The Balaban J connectivity index is 1.39. The van der Waals surface area contributed by atoms with E-state index < -0.39 is 0 Å². The normalized spacial score (nSPS) is 10.9. The molecule has 4 aromatic carbocycles. The van der Waals surface area contributed by atoms with E-state index in [0.717, 1.165) is 67.3 Å². The van der Waals surface area contributed by atoms with Crippen LogP contribution >= 0.6 is 0 Å². The fraction of sp³-hybridized carbons (Fsp3) is 0. The van der Waals surface area contributed by atoms with Crippen LogP contribution in [0.4, 0.5) is 0 Å². The van der Waals surface area contributed by atoms with Gasteiger partial charge in [-0.25, -0.2) is 4.98 Å². The second kappa shape index (κ2) is 11.4. The summed E-state index contributed by atoms with van der Waals surface area (Å²) in [7, 11) is 0. The lowest BCUT2D eigenvalue weighted by molar-refractivity contribution is 1.30. The van der Waals surface area contributed by atoms with Crippen LogP contribution in [0.1, 0.15) is 0 Å². The summed E-state index contributed by atoms with van der Waals surface area (Å²) in [6.07, 6.45) is 3.78. The van der Waals surface area contributed by atoms with Crippen LogP contribution in [0.2, 0.25) is 0 Å². The number of rotatable bonds is 6. The maximum Gasteiger partial charge on any atom is 0.0715 e. The fourth-order valence-electron chi connectivity index (χ4n) is 5.20. The maximum absolute atomic E-state index is 5.07. The molecule has 7 aromatic rings. The molecule has 0 N–H and O–H groups in total. The van der Waals surface area contributed by atoms with Gasteiger partial charge >= 0.3 is 0 Å². The van der Waals surface area contributed by atoms with Crippen LogP contribution in [0.3, 0.4) is 0 Å². The van der Waals surface area contributed by atoms with Gasteiger partial charge in [-0.1, -0.05) is 103 Å². The van der Waals surface area contributed by atoms with Gasteiger partial charge in [0, 0.05) is 40.2 Å². The molecule has 3 aromatic heterocycles. The minimum Gasteiger partial charge on any atom is -0.256 e. The number of benzene rings is 4. The van der Waals surface area contributed by atoms with Crippen LogP contribution < -0.4 is 0 Å². The third kappa shape index (κ3) is 5.36. The first kappa shape index (κ1) is 25.3. The molecule has 42 heavy (non-hydrogen) atoms. The average Bonchev–Trinajstić information content (AvgIpc) is 3.09. The predicted octanol–water partition coefficient (Wildman–Crippen LogP) is 9.87. The van der Waals surface area contributed by atoms with Gasteiger partial charge in [0.25, 0.3) is 0 Å². The van der Waals surface area contributed by atoms with Gasteiger partial charge in [0.05, 0.1) is 22.8 Å². The van der Waals surface area contributed by atoms with Crippen molar-refractivity contribution in [3.05, 3.63) is 164 Å². The Hall–Kier alpha value is -5.67. The summed E-state index contributed by atoms with van der Waals surface area (Å²) in [6, 6.07) is 52.2. The molecule has 3 heterocycles. The molecule has 0 spiro atoms. The van der Waals surface area contributed by atoms with Crippen molar-refractivity contribution < 1.29 is 0 Å². The first-order valence-corrected chi connectivity index (χ1v) is 14.0. The van der Waals surface area contributed by atoms with Crippen LogP contribution in [0.5, 0.6) is 0 Å². The van der Waals surface area contributed by atoms with Crippen molar-refractivity contribution in [1.29, 1.82) is 0 Å². The standard InChI is InChI=1S/C39H27N3/c1-4-12-28(13-5-1)31-19-20-37(41-27-31)35-23-32(22-34(24-35)36-18-10-11-21-40-36)33-25-38(29-14-6-2-7-15-29)42-39(26-33)30-16-8-3-9-17-30/h1-27H. The van der Waals surface area contributed by atoms with Crippen LogP contribution in [0, 0.1) is 0 Å². The Bertz CT molecular complexity index is 1880. The van der Waals surface area contributed by atoms with Gasteiger partial charge in [0.2, 0.25) is 0 Å². The fourth-order valence-corrected chi connectivity index (χ4v) is 5.20. The molecule has 7 rings (SSSR count). The van der Waals surface area contributed by atoms with E-state index in [-0.39, 0.29) is 0 Å². The number of nitrogens with zero attached hydrogens (tertiary/aromatic N) is 3. The number of hydrogen-bond acceptors (Lipinski definition) is 3. The van der Waals surface area contributed by atoms with Gasteiger partial charge in [-0.2, -0.15) is 0 Å². The van der Waals surface area contributed by atoms with E-state index in [9.17, 15) is 0 Å². The van der Waals surface area contributed by atoms with E-state index in [1.54, 1.807) is 0 Å². The van der Waals surface area contributed by atoms with E-state index in [1.807, 2.05) is 60.9 Å². The van der Waals surface area contributed by atoms with Crippen LogP contribution in [0.15, 0.2) is 164 Å². The second-order valence-electron chi connectivity index (χ2n) is 10.2. The molecule has 0 bridgehead atoms. The lowest BCUT2D eigenvalue weighted by Gasteiger charge is -2.13. The highest BCUT2D eigenvalue weighted by molar-refractivity contribution is 5.83. The first-order chi connectivity index (χ1) is 20.8. The molecule has 0 fully saturated rings. The molecular weight excluding hydrogens is 510 g/mol. The largest absolute Gasteiger partial charge is 0.256 e. The third-order valence-corrected chi connectivity index (χ3v) is 7.36. The highest BCUT2D eigenvalue weighted by Gasteiger charge is 2.13. The molecule has 3 nitrogen and oxygen atoms in total. The molecule has 0 amide bonds. The maximum atomic E-state index is 5.07. The first-order valence-electron chi connectivity index (χ1n) is 14.0. The molecule has 0 atom stereocenters. The second-order valence-corrected chi connectivity index (χ2v) is 10.2. The Morgan fingerprint density at radius 3 is 1.31 bits per heavy atom. The third-order valence-electron chi connectivity index (χ3n) is 7.36. The van der Waals surface area contributed by atoms with Gasteiger partial charge in [-0.15, -0.1) is 0 Å². The molecule has 0 aliphatic rings. The summed E-state index contributed by atoms with van der Waals surface area (Å²) in [6.45, 7) is 0. The zero-order chi connectivity index (χ0) is 28.1. The van der Waals surface area contributed by atoms with Crippen LogP contribution in [-0.2, 0) is 0 Å². The van der Waals surface area contributed by atoms with Crippen molar-refractivity contribution in [3.8, 4) is 67.3 Å². The lowest BCUT2D eigenvalue weighted by atomic mass is 9.94. The Labute approximate surface area is 245 Å². The van der Waals surface area contributed by atoms with Crippen molar-refractivity contribution in [3.63, 3.8) is 0 Å². The Morgan fingerprint density at radius 1 is 0.286 bits per heavy atom. The van der Waals surface area contributed by atoms with E-state index in [4.69, 9.17) is 9.97 Å². The highest BCUT2D eigenvalue weighted by Crippen LogP contribution is 2.35. The van der Waals surface area contributed by atoms with E-state index in [1.165, 1.54) is 0 Å². The SMILES string of the molecule is c1ccc(-c2ccc(-c3cc(-c4cc(-c5ccccc5)nc(-c5ccccc5)c4)cc(-c4ccccn4)c3)nc2)cc1. The van der Waals surface area contributed by atoms with Crippen molar-refractivity contribution in [2.24, 2.45) is 0 Å². The number of pyridine rings is 3. The average molecular weight is 538 g/mol. The predicted molar refractivity (Wildman–Crippen MR) is 172 cm³/mol. The summed E-state index contributed by atoms with van der Waals surface area (Å²) < 4.78 is 0. The van der Waals surface area contributed by atoms with Gasteiger partial charge in [-0.3, -0.25) is 9.97 Å². The smallest absolute Gasteiger partial charge is 0.0715 e. The summed E-state index contributed by atoms with van der Waals surface area (Å²) in [5.41, 5.74) is 12.3. The summed E-state index contributed by atoms with van der Waals surface area (Å²) in [5.74, 6) is 0. The molecular formula is C39H27N3. The summed E-state index contributed by atoms with van der Waals surface area (Å²) in [5, 5.41) is 0. The zero-order valence-corrected chi connectivity index (χ0v) is 22.9. The van der Waals surface area contributed by atoms with Gasteiger partial charge in [-0.05, 0) is 65.2 Å². The number of aromatic nitrogens is 3. The minimum absolute atomic E-state index is 0.911. The topological polar surface area (TPSA) is 38.7 Å². The monoisotopic (exact) mass is 537 g/mol. The van der Waals surface area contributed by atoms with Gasteiger partial charge in [0.15, 0.2) is 0 Å². The Kier molecular flexibility index (Phi) is 6.89. The van der Waals surface area contributed by atoms with Crippen molar-refractivity contribution >= 4 is 0 Å². The van der Waals surface area contributed by atoms with Crippen LogP contribution in [-0.4, -0.2) is 15.0 Å². The van der Waals surface area contributed by atoms with E-state index >= 15 is 0 Å². The van der Waals surface area contributed by atoms with E-state index in [2.05, 4.69) is 108 Å². The molecule has 0 saturated carbocycles. The minimum atomic E-state index is 0.911. The molecule has 198 valence electrons. The molecule has 3 heteroatoms. The molecule has 0 unspecified atom stereocenters. The van der Waals surface area contributed by atoms with Gasteiger partial charge < -0.3 is 0 Å². The quantitative estimate of drug-likeness (QED) is 0.212. The lowest BCUT2D eigenvalue weighted by Crippen LogP contribution is -1.93. The Morgan fingerprint density at radius 2 is 0.786 bits per heavy atom. The van der Waals surface area contributed by atoms with Crippen LogP contribution in [0.25, 0.3) is 67.3 Å². The summed E-state index contributed by atoms with van der Waals surface area (Å²) in [4.78, 5) is 14.6. The number of hydrogen-bond donors (Lipinski definition) is 0. The summed E-state index contributed by atoms with van der Waals surface area (Å²) >= 11 is 0. The molecule has 0 saturated heterocycles. The van der Waals surface area contributed by atoms with Crippen molar-refractivity contribution in [1.82, 2.24) is 15.0 Å². The van der Waals surface area contributed by atoms with Gasteiger partial charge in [0.1, 0.15) is 0 Å². The molecule has 0 aliphatic heterocycles. The van der Waals surface area contributed by atoms with E-state index in [0.29, 0.717) is 0 Å². The highest BCUT2D eigenvalue weighted by atomic mass is 14.7.